The molecule has 0 aliphatic heterocycles. The third kappa shape index (κ3) is 2.35. The maximum atomic E-state index is 11.8. The van der Waals surface area contributed by atoms with Crippen molar-refractivity contribution in [2.75, 3.05) is 0 Å². The number of carbonyl (C=O) groups excluding carboxylic acids is 1. The molecule has 2 aromatic heterocycles. The number of carboxylic acids is 1. The van der Waals surface area contributed by atoms with Gasteiger partial charge in [-0.2, -0.15) is 0 Å². The van der Waals surface area contributed by atoms with E-state index in [1.165, 1.54) is 11.3 Å². The highest BCUT2D eigenvalue weighted by atomic mass is 32.1. The number of hydrogen-bond acceptors (Lipinski definition) is 4. The van der Waals surface area contributed by atoms with Gasteiger partial charge in [0, 0.05) is 17.3 Å². The van der Waals surface area contributed by atoms with Crippen molar-refractivity contribution in [3.8, 4) is 0 Å². The van der Waals surface area contributed by atoms with Crippen LogP contribution in [0.2, 0.25) is 0 Å². The second-order valence-electron chi connectivity index (χ2n) is 3.93. The zero-order chi connectivity index (χ0) is 13.3. The minimum atomic E-state index is -1.04. The first-order chi connectivity index (χ1) is 8.51. The largest absolute Gasteiger partial charge is 0.480 e. The number of hydrogen-bond donors (Lipinski definition) is 2. The monoisotopic (exact) mass is 267 g/mol. The van der Waals surface area contributed by atoms with Crippen molar-refractivity contribution in [1.82, 2.24) is 14.7 Å². The van der Waals surface area contributed by atoms with Gasteiger partial charge in [0.25, 0.3) is 5.91 Å². The van der Waals surface area contributed by atoms with Gasteiger partial charge in [-0.15, -0.1) is 11.3 Å². The van der Waals surface area contributed by atoms with Gasteiger partial charge in [-0.1, -0.05) is 6.92 Å². The van der Waals surface area contributed by atoms with E-state index in [0.29, 0.717) is 6.42 Å². The molecule has 2 aromatic rings. The Bertz CT molecular complexity index is 570. The molecule has 0 radical (unpaired) electrons. The van der Waals surface area contributed by atoms with Gasteiger partial charge >= 0.3 is 5.97 Å². The number of carbonyl (C=O) groups is 2. The molecule has 1 amide bonds. The van der Waals surface area contributed by atoms with Crippen LogP contribution in [-0.4, -0.2) is 32.4 Å². The Labute approximate surface area is 107 Å². The smallest absolute Gasteiger partial charge is 0.326 e. The molecular weight excluding hydrogens is 254 g/mol. The number of aryl methyl sites for hydroxylation is 1. The lowest BCUT2D eigenvalue weighted by Crippen LogP contribution is -2.40. The van der Waals surface area contributed by atoms with Gasteiger partial charge in [-0.05, 0) is 13.3 Å². The molecule has 2 heterocycles. The van der Waals surface area contributed by atoms with E-state index >= 15 is 0 Å². The van der Waals surface area contributed by atoms with Crippen molar-refractivity contribution in [3.63, 3.8) is 0 Å². The molecule has 7 heteroatoms. The number of nitrogens with one attached hydrogen (secondary N) is 1. The number of rotatable bonds is 4. The first kappa shape index (κ1) is 12.6. The van der Waals surface area contributed by atoms with Crippen LogP contribution < -0.4 is 5.32 Å². The molecule has 6 nitrogen and oxygen atoms in total. The highest BCUT2D eigenvalue weighted by Crippen LogP contribution is 2.16. The zero-order valence-electron chi connectivity index (χ0n) is 10.0. The molecule has 0 saturated heterocycles. The predicted octanol–water partition coefficient (Wildman–Crippen LogP) is 1.30. The average Bonchev–Trinajstić information content (AvgIpc) is 2.81. The Kier molecular flexibility index (Phi) is 3.33. The minimum Gasteiger partial charge on any atom is -0.480 e. The van der Waals surface area contributed by atoms with Crippen LogP contribution in [0, 0.1) is 6.92 Å². The van der Waals surface area contributed by atoms with Gasteiger partial charge < -0.3 is 10.4 Å². The van der Waals surface area contributed by atoms with E-state index in [0.717, 1.165) is 9.84 Å². The first-order valence-corrected chi connectivity index (χ1v) is 6.31. The van der Waals surface area contributed by atoms with Crippen LogP contribution in [0.25, 0.3) is 4.96 Å². The van der Waals surface area contributed by atoms with Crippen LogP contribution in [-0.2, 0) is 4.79 Å². The van der Waals surface area contributed by atoms with Crippen molar-refractivity contribution in [1.29, 1.82) is 0 Å². The van der Waals surface area contributed by atoms with Gasteiger partial charge in [-0.25, -0.2) is 9.78 Å². The quantitative estimate of drug-likeness (QED) is 0.874. The number of imidazole rings is 1. The lowest BCUT2D eigenvalue weighted by atomic mass is 10.2. The normalized spacial score (nSPS) is 12.6. The van der Waals surface area contributed by atoms with Crippen molar-refractivity contribution in [2.45, 2.75) is 26.3 Å². The summed E-state index contributed by atoms with van der Waals surface area (Å²) in [4.78, 5) is 28.6. The van der Waals surface area contributed by atoms with Crippen molar-refractivity contribution in [3.05, 3.63) is 23.0 Å². The molecule has 0 bridgehead atoms. The minimum absolute atomic E-state index is 0.237. The Balaban J connectivity index is 2.17. The van der Waals surface area contributed by atoms with Gasteiger partial charge in [-0.3, -0.25) is 9.20 Å². The van der Waals surface area contributed by atoms with Gasteiger partial charge in [0.15, 0.2) is 4.96 Å². The van der Waals surface area contributed by atoms with E-state index in [9.17, 15) is 9.59 Å². The number of nitrogens with zero attached hydrogens (tertiary/aromatic N) is 2. The SMILES string of the molecule is CCC(NC(=O)c1cn2cc(C)sc2n1)C(=O)O. The fourth-order valence-corrected chi connectivity index (χ4v) is 2.40. The maximum absolute atomic E-state index is 11.8. The van der Waals surface area contributed by atoms with Crippen molar-refractivity contribution in [2.24, 2.45) is 0 Å². The molecule has 0 saturated carbocycles. The molecule has 0 aromatic carbocycles. The topological polar surface area (TPSA) is 83.7 Å². The Morgan fingerprint density at radius 1 is 1.56 bits per heavy atom. The summed E-state index contributed by atoms with van der Waals surface area (Å²) < 4.78 is 1.76. The summed E-state index contributed by atoms with van der Waals surface area (Å²) in [5, 5.41) is 11.3. The molecule has 0 spiro atoms. The number of amides is 1. The first-order valence-electron chi connectivity index (χ1n) is 5.50. The van der Waals surface area contributed by atoms with Crippen LogP contribution >= 0.6 is 11.3 Å². The number of fused-ring (bicyclic) bond motifs is 1. The Morgan fingerprint density at radius 2 is 2.28 bits per heavy atom. The average molecular weight is 267 g/mol. The summed E-state index contributed by atoms with van der Waals surface area (Å²) in [7, 11) is 0. The molecule has 18 heavy (non-hydrogen) atoms. The summed E-state index contributed by atoms with van der Waals surface area (Å²) in [6.07, 6.45) is 3.81. The molecular formula is C11H13N3O3S. The fourth-order valence-electron chi connectivity index (χ4n) is 1.59. The summed E-state index contributed by atoms with van der Waals surface area (Å²) in [6.45, 7) is 3.66. The van der Waals surface area contributed by atoms with Gasteiger partial charge in [0.2, 0.25) is 0 Å². The number of aliphatic carboxylic acids is 1. The van der Waals surface area contributed by atoms with E-state index in [1.54, 1.807) is 17.5 Å². The second kappa shape index (κ2) is 4.77. The van der Waals surface area contributed by atoms with Gasteiger partial charge in [0.05, 0.1) is 0 Å². The van der Waals surface area contributed by atoms with Crippen LogP contribution in [0.1, 0.15) is 28.7 Å². The molecule has 0 aliphatic carbocycles. The Morgan fingerprint density at radius 3 is 2.83 bits per heavy atom. The zero-order valence-corrected chi connectivity index (χ0v) is 10.8. The molecule has 0 aliphatic rings. The molecule has 1 unspecified atom stereocenters. The third-order valence-electron chi connectivity index (χ3n) is 2.52. The standard InChI is InChI=1S/C11H13N3O3S/c1-3-7(10(16)17)12-9(15)8-5-14-4-6(2)18-11(14)13-8/h4-5,7H,3H2,1-2H3,(H,12,15)(H,16,17). The van der Waals surface area contributed by atoms with E-state index in [2.05, 4.69) is 10.3 Å². The summed E-state index contributed by atoms with van der Waals surface area (Å²) >= 11 is 1.48. The highest BCUT2D eigenvalue weighted by Gasteiger charge is 2.20. The van der Waals surface area contributed by atoms with Crippen molar-refractivity contribution >= 4 is 28.2 Å². The molecule has 2 rings (SSSR count). The Hall–Kier alpha value is -1.89. The predicted molar refractivity (Wildman–Crippen MR) is 67.0 cm³/mol. The lowest BCUT2D eigenvalue weighted by molar-refractivity contribution is -0.139. The van der Waals surface area contributed by atoms with Crippen LogP contribution in [0.5, 0.6) is 0 Å². The lowest BCUT2D eigenvalue weighted by Gasteiger charge is -2.10. The number of aromatic nitrogens is 2. The van der Waals surface area contributed by atoms with E-state index < -0.39 is 17.9 Å². The molecule has 1 atom stereocenters. The molecule has 96 valence electrons. The summed E-state index contributed by atoms with van der Waals surface area (Å²) in [6, 6.07) is -0.876. The summed E-state index contributed by atoms with van der Waals surface area (Å²) in [5.74, 6) is -1.50. The number of carboxylic acid groups (broad SMARTS) is 1. The molecule has 2 N–H and O–H groups in total. The second-order valence-corrected chi connectivity index (χ2v) is 5.14. The maximum Gasteiger partial charge on any atom is 0.326 e. The molecule has 0 fully saturated rings. The van der Waals surface area contributed by atoms with E-state index in [-0.39, 0.29) is 5.69 Å². The van der Waals surface area contributed by atoms with E-state index in [4.69, 9.17) is 5.11 Å². The van der Waals surface area contributed by atoms with E-state index in [1.807, 2.05) is 13.1 Å². The van der Waals surface area contributed by atoms with Crippen molar-refractivity contribution < 1.29 is 14.7 Å². The summed E-state index contributed by atoms with van der Waals surface area (Å²) in [5.41, 5.74) is 0.237. The fraction of sp³-hybridized carbons (Fsp3) is 0.364. The third-order valence-corrected chi connectivity index (χ3v) is 3.43. The van der Waals surface area contributed by atoms with Crippen LogP contribution in [0.15, 0.2) is 12.4 Å². The highest BCUT2D eigenvalue weighted by molar-refractivity contribution is 7.17. The number of thiazole rings is 1. The van der Waals surface area contributed by atoms with Crippen LogP contribution in [0.3, 0.4) is 0 Å². The van der Waals surface area contributed by atoms with Crippen LogP contribution in [0.4, 0.5) is 0 Å². The van der Waals surface area contributed by atoms with Gasteiger partial charge in [0.1, 0.15) is 11.7 Å².